The van der Waals surface area contributed by atoms with Gasteiger partial charge in [0.05, 0.1) is 11.4 Å². The van der Waals surface area contributed by atoms with Gasteiger partial charge in [-0.05, 0) is 32.9 Å². The topological polar surface area (TPSA) is 104 Å². The van der Waals surface area contributed by atoms with Gasteiger partial charge >= 0.3 is 0 Å². The van der Waals surface area contributed by atoms with Crippen LogP contribution in [0.25, 0.3) is 11.5 Å². The maximum Gasteiger partial charge on any atom is 0.250 e. The summed E-state index contributed by atoms with van der Waals surface area (Å²) in [5, 5.41) is 11.7. The van der Waals surface area contributed by atoms with Crippen molar-refractivity contribution in [2.75, 3.05) is 0 Å². The molecule has 0 N–H and O–H groups in total. The fourth-order valence-corrected chi connectivity index (χ4v) is 4.09. The van der Waals surface area contributed by atoms with Crippen LogP contribution in [0.15, 0.2) is 34.1 Å². The van der Waals surface area contributed by atoms with Crippen molar-refractivity contribution in [3.8, 4) is 11.5 Å². The average molecular weight is 347 g/mol. The molecule has 0 fully saturated rings. The SMILES string of the molecule is CCn1c(-c2ccccn2)nnc1S(=O)(=O)Cc1c(C)noc1C. The first-order valence-corrected chi connectivity index (χ1v) is 9.08. The number of hydrogen-bond acceptors (Lipinski definition) is 7. The third-order valence-corrected chi connectivity index (χ3v) is 5.25. The highest BCUT2D eigenvalue weighted by atomic mass is 32.2. The van der Waals surface area contributed by atoms with E-state index in [0.717, 1.165) is 0 Å². The summed E-state index contributed by atoms with van der Waals surface area (Å²) in [5.41, 5.74) is 1.69. The molecular formula is C15H17N5O3S. The van der Waals surface area contributed by atoms with Crippen molar-refractivity contribution < 1.29 is 12.9 Å². The molecule has 0 aliphatic carbocycles. The van der Waals surface area contributed by atoms with E-state index < -0.39 is 9.84 Å². The van der Waals surface area contributed by atoms with Crippen LogP contribution in [0.5, 0.6) is 0 Å². The molecule has 3 aromatic heterocycles. The van der Waals surface area contributed by atoms with Crippen molar-refractivity contribution >= 4 is 9.84 Å². The fraction of sp³-hybridized carbons (Fsp3) is 0.333. The lowest BCUT2D eigenvalue weighted by Crippen LogP contribution is -2.14. The highest BCUT2D eigenvalue weighted by Gasteiger charge is 2.28. The minimum Gasteiger partial charge on any atom is -0.361 e. The first-order chi connectivity index (χ1) is 11.4. The Morgan fingerprint density at radius 2 is 2.00 bits per heavy atom. The molecule has 0 saturated heterocycles. The minimum atomic E-state index is -3.70. The Balaban J connectivity index is 2.05. The van der Waals surface area contributed by atoms with Crippen molar-refractivity contribution in [3.05, 3.63) is 41.4 Å². The Hall–Kier alpha value is -2.55. The zero-order valence-electron chi connectivity index (χ0n) is 13.6. The van der Waals surface area contributed by atoms with Gasteiger partial charge in [-0.1, -0.05) is 11.2 Å². The highest BCUT2D eigenvalue weighted by molar-refractivity contribution is 7.90. The molecule has 3 heterocycles. The van der Waals surface area contributed by atoms with Gasteiger partial charge in [0.2, 0.25) is 15.0 Å². The molecule has 9 heteroatoms. The van der Waals surface area contributed by atoms with Crippen LogP contribution in [0, 0.1) is 13.8 Å². The van der Waals surface area contributed by atoms with Crippen LogP contribution in [0.3, 0.4) is 0 Å². The molecule has 3 aromatic rings. The van der Waals surface area contributed by atoms with Crippen molar-refractivity contribution in [3.63, 3.8) is 0 Å². The number of aromatic nitrogens is 5. The Bertz CT molecular complexity index is 941. The standard InChI is InChI=1S/C15H17N5O3S/c1-4-20-14(13-7-5-6-8-16-13)17-18-15(20)24(21,22)9-12-10(2)19-23-11(12)3/h5-8H,4,9H2,1-3H3. The molecule has 0 saturated carbocycles. The summed E-state index contributed by atoms with van der Waals surface area (Å²) in [6.45, 7) is 5.65. The highest BCUT2D eigenvalue weighted by Crippen LogP contribution is 2.23. The summed E-state index contributed by atoms with van der Waals surface area (Å²) in [5.74, 6) is 0.688. The molecule has 0 aliphatic rings. The number of hydrogen-bond donors (Lipinski definition) is 0. The summed E-state index contributed by atoms with van der Waals surface area (Å²) in [6, 6.07) is 5.36. The zero-order chi connectivity index (χ0) is 17.3. The van der Waals surface area contributed by atoms with E-state index in [4.69, 9.17) is 4.52 Å². The van der Waals surface area contributed by atoms with Gasteiger partial charge in [0.25, 0.3) is 0 Å². The Labute approximate surface area is 139 Å². The van der Waals surface area contributed by atoms with Gasteiger partial charge in [-0.15, -0.1) is 10.2 Å². The molecule has 0 spiro atoms. The molecular weight excluding hydrogens is 330 g/mol. The minimum absolute atomic E-state index is 0.0781. The quantitative estimate of drug-likeness (QED) is 0.694. The third-order valence-electron chi connectivity index (χ3n) is 3.72. The summed E-state index contributed by atoms with van der Waals surface area (Å²) in [4.78, 5) is 4.21. The summed E-state index contributed by atoms with van der Waals surface area (Å²) >= 11 is 0. The van der Waals surface area contributed by atoms with Crippen LogP contribution in [-0.2, 0) is 22.1 Å². The van der Waals surface area contributed by atoms with E-state index in [9.17, 15) is 8.42 Å². The Kier molecular flexibility index (Phi) is 4.18. The zero-order valence-corrected chi connectivity index (χ0v) is 14.4. The maximum atomic E-state index is 12.8. The Morgan fingerprint density at radius 3 is 2.58 bits per heavy atom. The molecule has 0 bridgehead atoms. The molecule has 0 radical (unpaired) electrons. The van der Waals surface area contributed by atoms with Crippen LogP contribution in [-0.4, -0.2) is 33.3 Å². The van der Waals surface area contributed by atoms with Crippen molar-refractivity contribution in [1.29, 1.82) is 0 Å². The number of rotatable bonds is 5. The van der Waals surface area contributed by atoms with Crippen LogP contribution in [0.4, 0.5) is 0 Å². The van der Waals surface area contributed by atoms with Crippen molar-refractivity contribution in [2.24, 2.45) is 0 Å². The summed E-state index contributed by atoms with van der Waals surface area (Å²) < 4.78 is 32.2. The molecule has 0 unspecified atom stereocenters. The largest absolute Gasteiger partial charge is 0.361 e. The molecule has 8 nitrogen and oxygen atoms in total. The second-order valence-corrected chi connectivity index (χ2v) is 7.21. The second-order valence-electron chi connectivity index (χ2n) is 5.33. The number of aryl methyl sites for hydroxylation is 2. The molecule has 126 valence electrons. The van der Waals surface area contributed by atoms with Crippen LogP contribution in [0.1, 0.15) is 23.9 Å². The van der Waals surface area contributed by atoms with E-state index in [1.165, 1.54) is 0 Å². The number of sulfone groups is 1. The van der Waals surface area contributed by atoms with Crippen molar-refractivity contribution in [1.82, 2.24) is 24.9 Å². The van der Waals surface area contributed by atoms with E-state index >= 15 is 0 Å². The molecule has 0 aliphatic heterocycles. The van der Waals surface area contributed by atoms with E-state index in [0.29, 0.717) is 35.1 Å². The summed E-state index contributed by atoms with van der Waals surface area (Å²) in [7, 11) is -3.70. The molecule has 3 rings (SSSR count). The molecule has 0 amide bonds. The van der Waals surface area contributed by atoms with E-state index in [1.54, 1.807) is 36.7 Å². The second kappa shape index (κ2) is 6.16. The van der Waals surface area contributed by atoms with Crippen LogP contribution >= 0.6 is 0 Å². The molecule has 0 atom stereocenters. The maximum absolute atomic E-state index is 12.8. The monoisotopic (exact) mass is 347 g/mol. The van der Waals surface area contributed by atoms with E-state index in [-0.39, 0.29) is 10.9 Å². The average Bonchev–Trinajstić information content (AvgIpc) is 3.14. The third kappa shape index (κ3) is 2.82. The lowest BCUT2D eigenvalue weighted by Gasteiger charge is -2.08. The van der Waals surface area contributed by atoms with Crippen LogP contribution < -0.4 is 0 Å². The smallest absolute Gasteiger partial charge is 0.250 e. The van der Waals surface area contributed by atoms with Gasteiger partial charge in [-0.2, -0.15) is 0 Å². The molecule has 24 heavy (non-hydrogen) atoms. The van der Waals surface area contributed by atoms with Crippen molar-refractivity contribution in [2.45, 2.75) is 38.2 Å². The van der Waals surface area contributed by atoms with E-state index in [1.807, 2.05) is 13.0 Å². The lowest BCUT2D eigenvalue weighted by atomic mass is 10.2. The van der Waals surface area contributed by atoms with Gasteiger partial charge in [-0.25, -0.2) is 8.42 Å². The first kappa shape index (κ1) is 16.3. The normalized spacial score (nSPS) is 11.8. The Morgan fingerprint density at radius 1 is 1.21 bits per heavy atom. The summed E-state index contributed by atoms with van der Waals surface area (Å²) in [6.07, 6.45) is 1.63. The van der Waals surface area contributed by atoms with Gasteiger partial charge < -0.3 is 4.52 Å². The van der Waals surface area contributed by atoms with Crippen LogP contribution in [0.2, 0.25) is 0 Å². The van der Waals surface area contributed by atoms with Gasteiger partial charge in [-0.3, -0.25) is 9.55 Å². The van der Waals surface area contributed by atoms with Gasteiger partial charge in [0.15, 0.2) is 5.82 Å². The molecule has 0 aromatic carbocycles. The predicted octanol–water partition coefficient (Wildman–Crippen LogP) is 1.94. The predicted molar refractivity (Wildman–Crippen MR) is 85.8 cm³/mol. The van der Waals surface area contributed by atoms with Gasteiger partial charge in [0.1, 0.15) is 11.5 Å². The van der Waals surface area contributed by atoms with Gasteiger partial charge in [0, 0.05) is 18.3 Å². The first-order valence-electron chi connectivity index (χ1n) is 7.43. The number of nitrogens with zero attached hydrogens (tertiary/aromatic N) is 5. The lowest BCUT2D eigenvalue weighted by molar-refractivity contribution is 0.392. The number of pyridine rings is 1. The fourth-order valence-electron chi connectivity index (χ4n) is 2.45. The van der Waals surface area contributed by atoms with E-state index in [2.05, 4.69) is 20.3 Å².